The fourth-order valence-corrected chi connectivity index (χ4v) is 6.09. The van der Waals surface area contributed by atoms with Crippen LogP contribution in [-0.2, 0) is 14.5 Å². The van der Waals surface area contributed by atoms with Crippen LogP contribution in [0, 0.1) is 0 Å². The molecule has 0 saturated heterocycles. The van der Waals surface area contributed by atoms with E-state index < -0.39 is 7.82 Å². The minimum absolute atomic E-state index is 0.148. The minimum atomic E-state index is -4.33. The van der Waals surface area contributed by atoms with Crippen LogP contribution in [0.5, 0.6) is 0 Å². The summed E-state index contributed by atoms with van der Waals surface area (Å²) < 4.78 is 15.4. The van der Waals surface area contributed by atoms with Crippen LogP contribution in [0.2, 0.25) is 0 Å². The van der Waals surface area contributed by atoms with E-state index in [1.165, 1.54) is 122 Å². The van der Waals surface area contributed by atoms with Gasteiger partial charge in [-0.3, -0.25) is 4.52 Å². The van der Waals surface area contributed by atoms with E-state index in [0.29, 0.717) is 6.42 Å². The summed E-state index contributed by atoms with van der Waals surface area (Å²) in [5, 5.41) is 0. The number of phosphoric ester groups is 1. The zero-order valence-electron chi connectivity index (χ0n) is 24.3. The first-order valence-electron chi connectivity index (χ1n) is 15.7. The van der Waals surface area contributed by atoms with Crippen molar-refractivity contribution in [3.05, 3.63) is 35.9 Å². The van der Waals surface area contributed by atoms with Gasteiger partial charge in [-0.15, -0.1) is 0 Å². The molecule has 0 aliphatic rings. The topological polar surface area (TPSA) is 66.8 Å². The number of phosphoric acid groups is 1. The molecule has 5 heteroatoms. The van der Waals surface area contributed by atoms with Crippen molar-refractivity contribution in [3.63, 3.8) is 0 Å². The molecule has 0 fully saturated rings. The summed E-state index contributed by atoms with van der Waals surface area (Å²) >= 11 is 0. The number of rotatable bonds is 26. The highest BCUT2D eigenvalue weighted by molar-refractivity contribution is 7.46. The predicted octanol–water partition coefficient (Wildman–Crippen LogP) is 10.7. The smallest absolute Gasteiger partial charge is 0.303 e. The molecule has 0 aliphatic carbocycles. The van der Waals surface area contributed by atoms with Crippen LogP contribution in [0.1, 0.15) is 161 Å². The number of benzene rings is 1. The van der Waals surface area contributed by atoms with Gasteiger partial charge in [0.1, 0.15) is 0 Å². The Bertz CT molecular complexity index is 655. The van der Waals surface area contributed by atoms with Gasteiger partial charge < -0.3 is 9.79 Å². The lowest BCUT2D eigenvalue weighted by Gasteiger charge is -2.35. The first-order valence-corrected chi connectivity index (χ1v) is 17.2. The van der Waals surface area contributed by atoms with Crippen molar-refractivity contribution >= 4 is 7.82 Å². The molecule has 0 spiro atoms. The predicted molar refractivity (Wildman–Crippen MR) is 159 cm³/mol. The second kappa shape index (κ2) is 22.2. The number of hydrogen-bond donors (Lipinski definition) is 2. The molecule has 216 valence electrons. The summed E-state index contributed by atoms with van der Waals surface area (Å²) in [4.78, 5) is 17.7. The van der Waals surface area contributed by atoms with Gasteiger partial charge in [0.25, 0.3) is 0 Å². The SMILES string of the molecule is CCCCCCCCCC(CCCCCCCCC)(CCCCCCCOP(=O)(O)O)c1ccccc1. The van der Waals surface area contributed by atoms with Crippen LogP contribution in [0.25, 0.3) is 0 Å². The van der Waals surface area contributed by atoms with Crippen molar-refractivity contribution < 1.29 is 18.9 Å². The monoisotopic (exact) mass is 538 g/mol. The van der Waals surface area contributed by atoms with Crippen molar-refractivity contribution in [1.29, 1.82) is 0 Å². The summed E-state index contributed by atoms with van der Waals surface area (Å²) in [6.45, 7) is 4.72. The zero-order valence-corrected chi connectivity index (χ0v) is 25.2. The second-order valence-corrected chi connectivity index (χ2v) is 12.5. The average molecular weight is 539 g/mol. The molecule has 4 nitrogen and oxygen atoms in total. The van der Waals surface area contributed by atoms with Crippen molar-refractivity contribution in [2.45, 2.75) is 161 Å². The molecule has 2 N–H and O–H groups in total. The molecule has 0 radical (unpaired) electrons. The Balaban J connectivity index is 2.65. The zero-order chi connectivity index (χ0) is 27.1. The van der Waals surface area contributed by atoms with Crippen LogP contribution in [-0.4, -0.2) is 16.4 Å². The van der Waals surface area contributed by atoms with Gasteiger partial charge in [0, 0.05) is 0 Å². The molecule has 0 unspecified atom stereocenters. The highest BCUT2D eigenvalue weighted by Gasteiger charge is 2.30. The van der Waals surface area contributed by atoms with E-state index in [1.54, 1.807) is 5.56 Å². The number of unbranched alkanes of at least 4 members (excludes halogenated alkanes) is 16. The van der Waals surface area contributed by atoms with Crippen LogP contribution in [0.3, 0.4) is 0 Å². The fraction of sp³-hybridized carbons (Fsp3) is 0.812. The third kappa shape index (κ3) is 18.3. The third-order valence-electron chi connectivity index (χ3n) is 7.96. The van der Waals surface area contributed by atoms with E-state index >= 15 is 0 Å². The van der Waals surface area contributed by atoms with Crippen LogP contribution in [0.4, 0.5) is 0 Å². The van der Waals surface area contributed by atoms with E-state index in [9.17, 15) is 4.57 Å². The summed E-state index contributed by atoms with van der Waals surface area (Å²) in [6.07, 6.45) is 28.1. The third-order valence-corrected chi connectivity index (χ3v) is 8.48. The lowest BCUT2D eigenvalue weighted by molar-refractivity contribution is 0.193. The van der Waals surface area contributed by atoms with E-state index in [-0.39, 0.29) is 12.0 Å². The molecular formula is C32H59O4P. The Kier molecular flexibility index (Phi) is 20.6. The molecule has 0 atom stereocenters. The Morgan fingerprint density at radius 3 is 1.38 bits per heavy atom. The Morgan fingerprint density at radius 2 is 0.973 bits per heavy atom. The van der Waals surface area contributed by atoms with Crippen molar-refractivity contribution in [2.75, 3.05) is 6.61 Å². The van der Waals surface area contributed by atoms with Crippen LogP contribution >= 0.6 is 7.82 Å². The van der Waals surface area contributed by atoms with Gasteiger partial charge in [0.2, 0.25) is 0 Å². The maximum atomic E-state index is 10.8. The minimum Gasteiger partial charge on any atom is -0.303 e. The highest BCUT2D eigenvalue weighted by atomic mass is 31.2. The lowest BCUT2D eigenvalue weighted by atomic mass is 9.69. The Labute approximate surface area is 229 Å². The molecule has 1 aromatic rings. The van der Waals surface area contributed by atoms with Gasteiger partial charge in [0.05, 0.1) is 6.61 Å². The van der Waals surface area contributed by atoms with Crippen LogP contribution < -0.4 is 0 Å². The van der Waals surface area contributed by atoms with Gasteiger partial charge in [-0.1, -0.05) is 160 Å². The highest BCUT2D eigenvalue weighted by Crippen LogP contribution is 2.41. The standard InChI is InChI=1S/C32H59O4P/c1-3-5-7-9-11-14-21-27-32(31-25-19-18-20-26-31,28-22-15-12-10-8-6-4-2)29-23-16-13-17-24-30-36-37(33,34)35/h18-20,25-26H,3-17,21-24,27-30H2,1-2H3,(H2,33,34,35). The van der Waals surface area contributed by atoms with E-state index in [0.717, 1.165) is 12.8 Å². The summed E-state index contributed by atoms with van der Waals surface area (Å²) in [7, 11) is -4.33. The molecule has 0 aliphatic heterocycles. The first-order chi connectivity index (χ1) is 17.9. The lowest BCUT2D eigenvalue weighted by Crippen LogP contribution is -2.26. The Hall–Kier alpha value is -0.670. The van der Waals surface area contributed by atoms with E-state index in [1.807, 2.05) is 0 Å². The van der Waals surface area contributed by atoms with Crippen LogP contribution in [0.15, 0.2) is 30.3 Å². The fourth-order valence-electron chi connectivity index (χ4n) is 5.72. The summed E-state index contributed by atoms with van der Waals surface area (Å²) in [5.74, 6) is 0. The summed E-state index contributed by atoms with van der Waals surface area (Å²) in [6, 6.07) is 11.3. The molecule has 1 aromatic carbocycles. The maximum absolute atomic E-state index is 10.8. The van der Waals surface area contributed by atoms with E-state index in [2.05, 4.69) is 48.7 Å². The molecule has 0 heterocycles. The van der Waals surface area contributed by atoms with Crippen molar-refractivity contribution in [2.24, 2.45) is 0 Å². The molecule has 0 amide bonds. The van der Waals surface area contributed by atoms with Gasteiger partial charge in [-0.05, 0) is 36.7 Å². The largest absolute Gasteiger partial charge is 0.469 e. The van der Waals surface area contributed by atoms with Gasteiger partial charge in [-0.2, -0.15) is 0 Å². The normalized spacial score (nSPS) is 12.3. The van der Waals surface area contributed by atoms with Crippen molar-refractivity contribution in [1.82, 2.24) is 0 Å². The summed E-state index contributed by atoms with van der Waals surface area (Å²) in [5.41, 5.74) is 1.83. The van der Waals surface area contributed by atoms with Gasteiger partial charge >= 0.3 is 7.82 Å². The number of hydrogen-bond acceptors (Lipinski definition) is 2. The van der Waals surface area contributed by atoms with Crippen molar-refractivity contribution in [3.8, 4) is 0 Å². The first kappa shape index (κ1) is 34.4. The molecule has 0 bridgehead atoms. The van der Waals surface area contributed by atoms with Gasteiger partial charge in [0.15, 0.2) is 0 Å². The quantitative estimate of drug-likeness (QED) is 0.0909. The van der Waals surface area contributed by atoms with Gasteiger partial charge in [-0.25, -0.2) is 4.57 Å². The molecule has 37 heavy (non-hydrogen) atoms. The average Bonchev–Trinajstić information content (AvgIpc) is 2.88. The van der Waals surface area contributed by atoms with E-state index in [4.69, 9.17) is 9.79 Å². The molecule has 0 saturated carbocycles. The second-order valence-electron chi connectivity index (χ2n) is 11.2. The molecule has 1 rings (SSSR count). The molecular weight excluding hydrogens is 479 g/mol. The maximum Gasteiger partial charge on any atom is 0.469 e. The Morgan fingerprint density at radius 1 is 0.595 bits per heavy atom. The molecule has 0 aromatic heterocycles.